The lowest BCUT2D eigenvalue weighted by Crippen LogP contribution is -2.05. The molecule has 37 heavy (non-hydrogen) atoms. The van der Waals surface area contributed by atoms with Gasteiger partial charge < -0.3 is 4.42 Å². The summed E-state index contributed by atoms with van der Waals surface area (Å²) in [5.74, 6) is 0. The fourth-order valence-electron chi connectivity index (χ4n) is 3.68. The first-order valence-corrected chi connectivity index (χ1v) is 10.8. The van der Waals surface area contributed by atoms with Gasteiger partial charge >= 0.3 is 11.3 Å². The first-order valence-electron chi connectivity index (χ1n) is 10.8. The Morgan fingerprint density at radius 2 is 1.70 bits per heavy atom. The zero-order chi connectivity index (χ0) is 25.9. The van der Waals surface area contributed by atoms with Gasteiger partial charge in [0.1, 0.15) is 17.0 Å². The Bertz CT molecular complexity index is 1740. The second-order valence-electron chi connectivity index (χ2n) is 7.78. The molecule has 0 unspecified atom stereocenters. The molecule has 12 nitrogen and oxygen atoms in total. The van der Waals surface area contributed by atoms with Crippen LogP contribution in [0.5, 0.6) is 0 Å². The van der Waals surface area contributed by atoms with Crippen molar-refractivity contribution in [3.63, 3.8) is 0 Å². The Hall–Kier alpha value is -5.65. The number of anilines is 1. The Kier molecular flexibility index (Phi) is 5.96. The van der Waals surface area contributed by atoms with E-state index in [4.69, 9.17) is 4.42 Å². The first-order chi connectivity index (χ1) is 17.9. The molecule has 0 atom stereocenters. The topological polar surface area (TPSA) is 159 Å². The minimum absolute atomic E-state index is 0.0472. The SMILES string of the molecule is O=c1oc2ccccc2cc1-c1nn(-c2ccccc2)cc1/C=N\Nc1ccc([N+](=O)[O-])cc1[N+](=O)[O-]. The third-order valence-electron chi connectivity index (χ3n) is 5.44. The molecule has 0 saturated carbocycles. The summed E-state index contributed by atoms with van der Waals surface area (Å²) in [6.07, 6.45) is 3.00. The number of nitrogens with zero attached hydrogens (tertiary/aromatic N) is 5. The maximum absolute atomic E-state index is 12.8. The van der Waals surface area contributed by atoms with E-state index in [1.165, 1.54) is 12.3 Å². The molecule has 0 spiro atoms. The molecule has 0 amide bonds. The first kappa shape index (κ1) is 23.1. The van der Waals surface area contributed by atoms with Crippen molar-refractivity contribution >= 4 is 34.2 Å². The number of non-ortho nitro benzene ring substituents is 1. The normalized spacial score (nSPS) is 11.1. The third-order valence-corrected chi connectivity index (χ3v) is 5.44. The quantitative estimate of drug-likeness (QED) is 0.144. The smallest absolute Gasteiger partial charge is 0.345 e. The third kappa shape index (κ3) is 4.66. The highest BCUT2D eigenvalue weighted by atomic mass is 16.6. The van der Waals surface area contributed by atoms with E-state index in [0.29, 0.717) is 16.5 Å². The second-order valence-corrected chi connectivity index (χ2v) is 7.78. The Morgan fingerprint density at radius 3 is 2.46 bits per heavy atom. The molecule has 182 valence electrons. The molecule has 2 heterocycles. The van der Waals surface area contributed by atoms with E-state index in [-0.39, 0.29) is 16.9 Å². The number of aromatic nitrogens is 2. The van der Waals surface area contributed by atoms with Gasteiger partial charge in [-0.05, 0) is 30.3 Å². The number of nitrogens with one attached hydrogen (secondary N) is 1. The van der Waals surface area contributed by atoms with Gasteiger partial charge in [-0.15, -0.1) is 0 Å². The summed E-state index contributed by atoms with van der Waals surface area (Å²) >= 11 is 0. The van der Waals surface area contributed by atoms with Crippen molar-refractivity contribution in [1.82, 2.24) is 9.78 Å². The number of hydrazone groups is 1. The Morgan fingerprint density at radius 1 is 0.946 bits per heavy atom. The Balaban J connectivity index is 1.57. The van der Waals surface area contributed by atoms with Crippen LogP contribution in [-0.2, 0) is 0 Å². The van der Waals surface area contributed by atoms with E-state index in [1.54, 1.807) is 35.1 Å². The van der Waals surface area contributed by atoms with E-state index in [1.807, 2.05) is 36.4 Å². The van der Waals surface area contributed by atoms with Crippen LogP contribution in [-0.4, -0.2) is 25.8 Å². The van der Waals surface area contributed by atoms with Crippen LogP contribution in [0.15, 0.2) is 99.4 Å². The molecule has 0 bridgehead atoms. The summed E-state index contributed by atoms with van der Waals surface area (Å²) < 4.78 is 7.04. The Labute approximate surface area is 207 Å². The summed E-state index contributed by atoms with van der Waals surface area (Å²) in [7, 11) is 0. The van der Waals surface area contributed by atoms with Crippen LogP contribution in [0, 0.1) is 20.2 Å². The number of hydrogen-bond acceptors (Lipinski definition) is 9. The molecule has 5 aromatic rings. The minimum atomic E-state index is -0.746. The summed E-state index contributed by atoms with van der Waals surface area (Å²) in [6.45, 7) is 0. The van der Waals surface area contributed by atoms with Crippen molar-refractivity contribution < 1.29 is 14.3 Å². The molecule has 0 radical (unpaired) electrons. The monoisotopic (exact) mass is 496 g/mol. The lowest BCUT2D eigenvalue weighted by molar-refractivity contribution is -0.393. The number of hydrogen-bond donors (Lipinski definition) is 1. The summed E-state index contributed by atoms with van der Waals surface area (Å²) in [6, 6.07) is 21.1. The van der Waals surface area contributed by atoms with Crippen molar-refractivity contribution in [3.8, 4) is 16.9 Å². The molecule has 1 N–H and O–H groups in total. The maximum atomic E-state index is 12.8. The van der Waals surface area contributed by atoms with Crippen molar-refractivity contribution in [2.24, 2.45) is 5.10 Å². The molecule has 3 aromatic carbocycles. The van der Waals surface area contributed by atoms with Crippen molar-refractivity contribution in [1.29, 1.82) is 0 Å². The average Bonchev–Trinajstić information content (AvgIpc) is 3.32. The highest BCUT2D eigenvalue weighted by Gasteiger charge is 2.20. The summed E-state index contributed by atoms with van der Waals surface area (Å²) in [5, 5.41) is 31.7. The molecule has 0 saturated heterocycles. The molecule has 0 aliphatic carbocycles. The van der Waals surface area contributed by atoms with Crippen LogP contribution in [0.4, 0.5) is 17.1 Å². The number of nitro groups is 2. The summed E-state index contributed by atoms with van der Waals surface area (Å²) in [4.78, 5) is 33.7. The van der Waals surface area contributed by atoms with Crippen molar-refractivity contribution in [2.45, 2.75) is 0 Å². The standard InChI is InChI=1S/C25H16N6O6/c32-25-20(12-16-6-4-5-9-23(16)37-25)24-17(15-29(28-24)18-7-2-1-3-8-18)14-26-27-21-11-10-19(30(33)34)13-22(21)31(35)36/h1-15,27H/b26-14-. The van der Waals surface area contributed by atoms with E-state index in [9.17, 15) is 25.0 Å². The van der Waals surface area contributed by atoms with Crippen LogP contribution in [0.2, 0.25) is 0 Å². The average molecular weight is 496 g/mol. The largest absolute Gasteiger partial charge is 0.422 e. The minimum Gasteiger partial charge on any atom is -0.422 e. The van der Waals surface area contributed by atoms with E-state index in [0.717, 1.165) is 17.8 Å². The molecule has 5 rings (SSSR count). The zero-order valence-corrected chi connectivity index (χ0v) is 18.8. The summed E-state index contributed by atoms with van der Waals surface area (Å²) in [5.41, 5.74) is 3.05. The predicted octanol–water partition coefficient (Wildman–Crippen LogP) is 4.91. The van der Waals surface area contributed by atoms with Crippen LogP contribution in [0.25, 0.3) is 27.9 Å². The lowest BCUT2D eigenvalue weighted by Gasteiger charge is -2.02. The predicted molar refractivity (Wildman–Crippen MR) is 136 cm³/mol. The van der Waals surface area contributed by atoms with Crippen molar-refractivity contribution in [2.75, 3.05) is 5.43 Å². The molecule has 0 aliphatic heterocycles. The second kappa shape index (κ2) is 9.54. The van der Waals surface area contributed by atoms with Crippen LogP contribution >= 0.6 is 0 Å². The highest BCUT2D eigenvalue weighted by Crippen LogP contribution is 2.29. The maximum Gasteiger partial charge on any atom is 0.345 e. The van der Waals surface area contributed by atoms with Gasteiger partial charge in [0.05, 0.1) is 33.4 Å². The zero-order valence-electron chi connectivity index (χ0n) is 18.8. The van der Waals surface area contributed by atoms with Gasteiger partial charge in [0.15, 0.2) is 0 Å². The van der Waals surface area contributed by atoms with E-state index < -0.39 is 26.8 Å². The fraction of sp³-hybridized carbons (Fsp3) is 0. The molecule has 12 heteroatoms. The molecule has 0 aliphatic rings. The number of nitro benzene ring substituents is 2. The van der Waals surface area contributed by atoms with Crippen LogP contribution in [0.3, 0.4) is 0 Å². The van der Waals surface area contributed by atoms with E-state index in [2.05, 4.69) is 15.6 Å². The number of para-hydroxylation sites is 2. The van der Waals surface area contributed by atoms with Crippen molar-refractivity contribution in [3.05, 3.63) is 121 Å². The molecular formula is C25H16N6O6. The number of rotatable bonds is 7. The highest BCUT2D eigenvalue weighted by molar-refractivity contribution is 5.91. The van der Waals surface area contributed by atoms with Gasteiger partial charge in [-0.2, -0.15) is 10.2 Å². The van der Waals surface area contributed by atoms with Gasteiger partial charge in [0.25, 0.3) is 5.69 Å². The molecule has 0 fully saturated rings. The fourth-order valence-corrected chi connectivity index (χ4v) is 3.68. The number of fused-ring (bicyclic) bond motifs is 1. The van der Waals surface area contributed by atoms with E-state index >= 15 is 0 Å². The van der Waals surface area contributed by atoms with Gasteiger partial charge in [0.2, 0.25) is 0 Å². The molecular weight excluding hydrogens is 480 g/mol. The lowest BCUT2D eigenvalue weighted by atomic mass is 10.1. The number of benzene rings is 3. The van der Waals surface area contributed by atoms with Crippen LogP contribution in [0.1, 0.15) is 5.56 Å². The van der Waals surface area contributed by atoms with Gasteiger partial charge in [-0.3, -0.25) is 25.7 Å². The van der Waals surface area contributed by atoms with Gasteiger partial charge in [-0.25, -0.2) is 9.48 Å². The van der Waals surface area contributed by atoms with Crippen LogP contribution < -0.4 is 11.1 Å². The van der Waals surface area contributed by atoms with Gasteiger partial charge in [0, 0.05) is 23.2 Å². The van der Waals surface area contributed by atoms with Gasteiger partial charge in [-0.1, -0.05) is 36.4 Å². The molecule has 2 aromatic heterocycles.